The summed E-state index contributed by atoms with van der Waals surface area (Å²) in [6.07, 6.45) is 8.87. The van der Waals surface area contributed by atoms with Crippen molar-refractivity contribution in [2.75, 3.05) is 13.2 Å². The minimum Gasteiger partial charge on any atom is -0.375 e. The molecule has 0 radical (unpaired) electrons. The number of carbonyl (C=O) groups is 1. The molecule has 1 saturated heterocycles. The number of amides is 1. The Labute approximate surface area is 177 Å². The summed E-state index contributed by atoms with van der Waals surface area (Å²) in [5.41, 5.74) is 5.15. The molecule has 5 rings (SSSR count). The van der Waals surface area contributed by atoms with Gasteiger partial charge in [0, 0.05) is 42.0 Å². The zero-order valence-corrected chi connectivity index (χ0v) is 17.2. The Bertz CT molecular complexity index is 1070. The van der Waals surface area contributed by atoms with Gasteiger partial charge in [-0.15, -0.1) is 6.58 Å². The maximum absolute atomic E-state index is 13.0. The Balaban J connectivity index is 1.63. The molecule has 0 aliphatic carbocycles. The molecular formula is C25H27N3O2. The van der Waals surface area contributed by atoms with Crippen LogP contribution in [0.2, 0.25) is 0 Å². The standard InChI is InChI=1S/C25H27N3O2/c1-2-14-30-17-19-15-21-20-6-3-4-7-22(20)27(16-18-10-12-26-13-11-18)25(21)23-8-5-9-24(29)28(19)23/h2-4,6-7,10-13,19,23H,1,5,8-9,14-17H2/t19-,23+/m1/s1. The summed E-state index contributed by atoms with van der Waals surface area (Å²) in [5, 5.41) is 1.30. The van der Waals surface area contributed by atoms with E-state index in [1.165, 1.54) is 27.7 Å². The first-order chi connectivity index (χ1) is 14.8. The summed E-state index contributed by atoms with van der Waals surface area (Å²) in [6, 6.07) is 13.0. The van der Waals surface area contributed by atoms with E-state index in [-0.39, 0.29) is 18.0 Å². The molecule has 0 saturated carbocycles. The topological polar surface area (TPSA) is 47.4 Å². The highest BCUT2D eigenvalue weighted by atomic mass is 16.5. The number of hydrogen-bond donors (Lipinski definition) is 0. The number of piperidine rings is 1. The summed E-state index contributed by atoms with van der Waals surface area (Å²) in [7, 11) is 0. The molecule has 1 aromatic carbocycles. The average molecular weight is 402 g/mol. The third-order valence-corrected chi connectivity index (χ3v) is 6.40. The van der Waals surface area contributed by atoms with E-state index in [4.69, 9.17) is 4.74 Å². The van der Waals surface area contributed by atoms with Gasteiger partial charge >= 0.3 is 0 Å². The quantitative estimate of drug-likeness (QED) is 0.458. The van der Waals surface area contributed by atoms with E-state index in [9.17, 15) is 4.79 Å². The van der Waals surface area contributed by atoms with Crippen LogP contribution in [-0.2, 0) is 22.5 Å². The average Bonchev–Trinajstić information content (AvgIpc) is 3.08. The second kappa shape index (κ2) is 8.07. The van der Waals surface area contributed by atoms with Gasteiger partial charge in [0.25, 0.3) is 0 Å². The van der Waals surface area contributed by atoms with E-state index in [1.54, 1.807) is 6.08 Å². The maximum Gasteiger partial charge on any atom is 0.223 e. The zero-order chi connectivity index (χ0) is 20.5. The molecule has 2 aromatic heterocycles. The van der Waals surface area contributed by atoms with Crippen LogP contribution in [0.4, 0.5) is 0 Å². The number of carbonyl (C=O) groups excluding carboxylic acids is 1. The fourth-order valence-electron chi connectivity index (χ4n) is 5.21. The Hall–Kier alpha value is -2.92. The van der Waals surface area contributed by atoms with E-state index in [0.717, 1.165) is 25.8 Å². The predicted octanol–water partition coefficient (Wildman–Crippen LogP) is 4.27. The molecule has 5 heteroatoms. The van der Waals surface area contributed by atoms with Gasteiger partial charge in [0.2, 0.25) is 5.91 Å². The lowest BCUT2D eigenvalue weighted by Gasteiger charge is -2.45. The van der Waals surface area contributed by atoms with Crippen molar-refractivity contribution < 1.29 is 9.53 Å². The molecule has 2 aliphatic rings. The van der Waals surface area contributed by atoms with Crippen molar-refractivity contribution in [3.8, 4) is 0 Å². The highest BCUT2D eigenvalue weighted by Gasteiger charge is 2.42. The summed E-state index contributed by atoms with van der Waals surface area (Å²) >= 11 is 0. The molecule has 154 valence electrons. The van der Waals surface area contributed by atoms with Gasteiger partial charge in [0.05, 0.1) is 25.3 Å². The van der Waals surface area contributed by atoms with Crippen LogP contribution in [0.5, 0.6) is 0 Å². The molecular weight excluding hydrogens is 374 g/mol. The van der Waals surface area contributed by atoms with Gasteiger partial charge in [-0.2, -0.15) is 0 Å². The van der Waals surface area contributed by atoms with E-state index >= 15 is 0 Å². The van der Waals surface area contributed by atoms with Crippen LogP contribution in [0.25, 0.3) is 10.9 Å². The van der Waals surface area contributed by atoms with Gasteiger partial charge in [0.15, 0.2) is 0 Å². The molecule has 0 N–H and O–H groups in total. The molecule has 0 bridgehead atoms. The van der Waals surface area contributed by atoms with Crippen molar-refractivity contribution >= 4 is 16.8 Å². The van der Waals surface area contributed by atoms with Crippen molar-refractivity contribution in [1.82, 2.24) is 14.5 Å². The van der Waals surface area contributed by atoms with Crippen molar-refractivity contribution in [2.45, 2.75) is 44.3 Å². The highest BCUT2D eigenvalue weighted by Crippen LogP contribution is 2.44. The van der Waals surface area contributed by atoms with Crippen molar-refractivity contribution in [2.24, 2.45) is 0 Å². The second-order valence-corrected chi connectivity index (χ2v) is 8.22. The molecule has 3 aromatic rings. The van der Waals surface area contributed by atoms with Crippen LogP contribution in [-0.4, -0.2) is 39.6 Å². The molecule has 5 nitrogen and oxygen atoms in total. The number of nitrogens with zero attached hydrogens (tertiary/aromatic N) is 3. The number of hydrogen-bond acceptors (Lipinski definition) is 3. The SMILES string of the molecule is C=CCOC[C@H]1Cc2c(n(Cc3ccncc3)c3ccccc23)[C@@H]2CCCC(=O)N12. The Morgan fingerprint density at radius 3 is 2.87 bits per heavy atom. The summed E-state index contributed by atoms with van der Waals surface area (Å²) < 4.78 is 8.25. The van der Waals surface area contributed by atoms with Gasteiger partial charge < -0.3 is 14.2 Å². The summed E-state index contributed by atoms with van der Waals surface area (Å²) in [5.74, 6) is 0.254. The van der Waals surface area contributed by atoms with Crippen molar-refractivity contribution in [3.05, 3.63) is 78.3 Å². The molecule has 2 atom stereocenters. The van der Waals surface area contributed by atoms with Gasteiger partial charge in [-0.05, 0) is 48.6 Å². The fraction of sp³-hybridized carbons (Fsp3) is 0.360. The van der Waals surface area contributed by atoms with Crippen LogP contribution in [0.3, 0.4) is 0 Å². The lowest BCUT2D eigenvalue weighted by molar-refractivity contribution is -0.142. The first-order valence-corrected chi connectivity index (χ1v) is 10.8. The number of fused-ring (bicyclic) bond motifs is 5. The Morgan fingerprint density at radius 2 is 2.03 bits per heavy atom. The summed E-state index contributed by atoms with van der Waals surface area (Å²) in [6.45, 7) is 5.60. The molecule has 0 unspecified atom stereocenters. The second-order valence-electron chi connectivity index (χ2n) is 8.22. The van der Waals surface area contributed by atoms with Gasteiger partial charge in [0.1, 0.15) is 0 Å². The molecule has 2 aliphatic heterocycles. The molecule has 1 fully saturated rings. The lowest BCUT2D eigenvalue weighted by Crippen LogP contribution is -2.51. The normalized spacial score (nSPS) is 20.8. The molecule has 1 amide bonds. The third-order valence-electron chi connectivity index (χ3n) is 6.40. The number of rotatable bonds is 6. The van der Waals surface area contributed by atoms with Crippen LogP contribution >= 0.6 is 0 Å². The fourth-order valence-corrected chi connectivity index (χ4v) is 5.21. The third kappa shape index (κ3) is 3.23. The van der Waals surface area contributed by atoms with Gasteiger partial charge in [-0.25, -0.2) is 0 Å². The summed E-state index contributed by atoms with van der Waals surface area (Å²) in [4.78, 5) is 19.3. The van der Waals surface area contributed by atoms with E-state index in [0.29, 0.717) is 19.6 Å². The smallest absolute Gasteiger partial charge is 0.223 e. The zero-order valence-electron chi connectivity index (χ0n) is 17.2. The van der Waals surface area contributed by atoms with Gasteiger partial charge in [-0.1, -0.05) is 24.3 Å². The predicted molar refractivity (Wildman–Crippen MR) is 117 cm³/mol. The molecule has 4 heterocycles. The van der Waals surface area contributed by atoms with E-state index in [2.05, 4.69) is 57.4 Å². The Kier molecular flexibility index (Phi) is 5.13. The van der Waals surface area contributed by atoms with Crippen LogP contribution < -0.4 is 0 Å². The van der Waals surface area contributed by atoms with Crippen LogP contribution in [0, 0.1) is 0 Å². The minimum atomic E-state index is 0.0791. The lowest BCUT2D eigenvalue weighted by atomic mass is 9.86. The number of para-hydroxylation sites is 1. The largest absolute Gasteiger partial charge is 0.375 e. The van der Waals surface area contributed by atoms with Crippen molar-refractivity contribution in [1.29, 1.82) is 0 Å². The van der Waals surface area contributed by atoms with E-state index < -0.39 is 0 Å². The first kappa shape index (κ1) is 19.1. The maximum atomic E-state index is 13.0. The van der Waals surface area contributed by atoms with Crippen LogP contribution in [0.1, 0.15) is 42.1 Å². The van der Waals surface area contributed by atoms with Crippen molar-refractivity contribution in [3.63, 3.8) is 0 Å². The number of ether oxygens (including phenoxy) is 1. The Morgan fingerprint density at radius 1 is 1.20 bits per heavy atom. The van der Waals surface area contributed by atoms with Crippen LogP contribution in [0.15, 0.2) is 61.4 Å². The first-order valence-electron chi connectivity index (χ1n) is 10.8. The van der Waals surface area contributed by atoms with E-state index in [1.807, 2.05) is 12.4 Å². The monoisotopic (exact) mass is 401 g/mol. The minimum absolute atomic E-state index is 0.0791. The number of pyridine rings is 1. The van der Waals surface area contributed by atoms with Gasteiger partial charge in [-0.3, -0.25) is 9.78 Å². The molecule has 30 heavy (non-hydrogen) atoms. The number of aromatic nitrogens is 2. The molecule has 0 spiro atoms. The highest BCUT2D eigenvalue weighted by molar-refractivity contribution is 5.87. The number of benzene rings is 1.